The van der Waals surface area contributed by atoms with E-state index in [1.165, 1.54) is 0 Å². The molecule has 0 fully saturated rings. The van der Waals surface area contributed by atoms with Gasteiger partial charge in [0.2, 0.25) is 0 Å². The van der Waals surface area contributed by atoms with Crippen molar-refractivity contribution in [3.63, 3.8) is 0 Å². The van der Waals surface area contributed by atoms with E-state index < -0.39 is 0 Å². The van der Waals surface area contributed by atoms with Crippen molar-refractivity contribution in [2.24, 2.45) is 11.7 Å². The number of aromatic amines is 1. The quantitative estimate of drug-likeness (QED) is 0.817. The molecule has 92 valence electrons. The predicted octanol–water partition coefficient (Wildman–Crippen LogP) is 1.37. The van der Waals surface area contributed by atoms with Crippen molar-refractivity contribution in [2.45, 2.75) is 52.6 Å². The van der Waals surface area contributed by atoms with Crippen LogP contribution in [0.25, 0.3) is 0 Å². The minimum Gasteiger partial charge on any atom is -0.321 e. The molecule has 2 atom stereocenters. The molecule has 5 nitrogen and oxygen atoms in total. The minimum absolute atomic E-state index is 0.193. The molecule has 0 aliphatic rings. The average molecular weight is 226 g/mol. The third kappa shape index (κ3) is 2.35. The van der Waals surface area contributed by atoms with Crippen molar-refractivity contribution in [2.75, 3.05) is 0 Å². The molecule has 3 N–H and O–H groups in total. The molecule has 0 saturated carbocycles. The van der Waals surface area contributed by atoms with Crippen molar-refractivity contribution >= 4 is 0 Å². The van der Waals surface area contributed by atoms with Gasteiger partial charge in [-0.1, -0.05) is 20.3 Å². The lowest BCUT2D eigenvalue weighted by Crippen LogP contribution is -2.36. The Bertz CT molecular complexity index is 399. The molecule has 0 unspecified atom stereocenters. The van der Waals surface area contributed by atoms with Gasteiger partial charge in [-0.15, -0.1) is 0 Å². The van der Waals surface area contributed by atoms with Gasteiger partial charge >= 0.3 is 5.69 Å². The Hall–Kier alpha value is -1.10. The molecule has 0 saturated heterocycles. The normalized spacial score (nSPS) is 16.1. The van der Waals surface area contributed by atoms with Crippen LogP contribution < -0.4 is 11.4 Å². The topological polar surface area (TPSA) is 76.7 Å². The summed E-state index contributed by atoms with van der Waals surface area (Å²) in [6, 6.07) is -0.205. The zero-order chi connectivity index (χ0) is 12.5. The molecule has 1 rings (SSSR count). The van der Waals surface area contributed by atoms with E-state index in [0.29, 0.717) is 11.7 Å². The first-order chi connectivity index (χ1) is 7.29. The Morgan fingerprint density at radius 3 is 2.50 bits per heavy atom. The molecule has 0 bridgehead atoms. The zero-order valence-electron chi connectivity index (χ0n) is 10.7. The van der Waals surface area contributed by atoms with Crippen LogP contribution in [0.4, 0.5) is 0 Å². The van der Waals surface area contributed by atoms with E-state index >= 15 is 0 Å². The maximum atomic E-state index is 11.7. The van der Waals surface area contributed by atoms with Gasteiger partial charge in [0.05, 0.1) is 6.04 Å². The highest BCUT2D eigenvalue weighted by molar-refractivity contribution is 4.99. The highest BCUT2D eigenvalue weighted by atomic mass is 16.1. The summed E-state index contributed by atoms with van der Waals surface area (Å²) >= 11 is 0. The van der Waals surface area contributed by atoms with Gasteiger partial charge in [-0.05, 0) is 26.7 Å². The van der Waals surface area contributed by atoms with Crippen LogP contribution in [0.3, 0.4) is 0 Å². The van der Waals surface area contributed by atoms with Crippen LogP contribution in [0.1, 0.15) is 52.9 Å². The molecule has 0 amide bonds. The van der Waals surface area contributed by atoms with E-state index in [0.717, 1.165) is 6.42 Å². The first kappa shape index (κ1) is 13.0. The summed E-state index contributed by atoms with van der Waals surface area (Å²) < 4.78 is 1.64. The molecule has 16 heavy (non-hydrogen) atoms. The summed E-state index contributed by atoms with van der Waals surface area (Å²) in [6.07, 6.45) is 0.965. The van der Waals surface area contributed by atoms with Crippen LogP contribution in [0.5, 0.6) is 0 Å². The SMILES string of the molecule is CC[C@H](C)[C@H](N)c1n[nH]c(=O)n1C(C)(C)C. The van der Waals surface area contributed by atoms with Gasteiger partial charge in [-0.2, -0.15) is 5.10 Å². The van der Waals surface area contributed by atoms with Gasteiger partial charge in [0.25, 0.3) is 0 Å². The van der Waals surface area contributed by atoms with Crippen LogP contribution in [0.15, 0.2) is 4.79 Å². The maximum absolute atomic E-state index is 11.7. The minimum atomic E-state index is -0.301. The van der Waals surface area contributed by atoms with Crippen molar-refractivity contribution < 1.29 is 0 Å². The highest BCUT2D eigenvalue weighted by Crippen LogP contribution is 2.22. The number of aromatic nitrogens is 3. The van der Waals surface area contributed by atoms with Gasteiger partial charge < -0.3 is 5.73 Å². The molecular weight excluding hydrogens is 204 g/mol. The zero-order valence-corrected chi connectivity index (χ0v) is 10.7. The molecule has 0 radical (unpaired) electrons. The van der Waals surface area contributed by atoms with Gasteiger partial charge in [0.15, 0.2) is 5.82 Å². The van der Waals surface area contributed by atoms with Crippen LogP contribution in [-0.2, 0) is 5.54 Å². The molecule has 0 aliphatic carbocycles. The number of hydrogen-bond acceptors (Lipinski definition) is 3. The van der Waals surface area contributed by atoms with Crippen LogP contribution in [0, 0.1) is 5.92 Å². The number of nitrogens with one attached hydrogen (secondary N) is 1. The number of rotatable bonds is 3. The second-order valence-corrected chi connectivity index (χ2v) is 5.30. The molecule has 0 spiro atoms. The highest BCUT2D eigenvalue weighted by Gasteiger charge is 2.26. The summed E-state index contributed by atoms with van der Waals surface area (Å²) in [4.78, 5) is 11.7. The lowest BCUT2D eigenvalue weighted by molar-refractivity contribution is 0.338. The first-order valence-electron chi connectivity index (χ1n) is 5.72. The Labute approximate surface area is 96.0 Å². The number of nitrogens with zero attached hydrogens (tertiary/aromatic N) is 2. The fraction of sp³-hybridized carbons (Fsp3) is 0.818. The van der Waals surface area contributed by atoms with Crippen molar-refractivity contribution in [3.8, 4) is 0 Å². The van der Waals surface area contributed by atoms with E-state index in [4.69, 9.17) is 5.73 Å². The van der Waals surface area contributed by atoms with Crippen molar-refractivity contribution in [1.29, 1.82) is 0 Å². The van der Waals surface area contributed by atoms with E-state index in [9.17, 15) is 4.79 Å². The Morgan fingerprint density at radius 2 is 2.06 bits per heavy atom. The number of H-pyrrole nitrogens is 1. The molecule has 1 aromatic rings. The van der Waals surface area contributed by atoms with E-state index in [1.807, 2.05) is 20.8 Å². The standard InChI is InChI=1S/C11H22N4O/c1-6-7(2)8(12)9-13-14-10(16)15(9)11(3,4)5/h7-8H,6,12H2,1-5H3,(H,14,16)/t7-,8-/m0/s1. The van der Waals surface area contributed by atoms with Crippen LogP contribution >= 0.6 is 0 Å². The molecule has 1 heterocycles. The second kappa shape index (κ2) is 4.41. The summed E-state index contributed by atoms with van der Waals surface area (Å²) in [5.41, 5.74) is 5.62. The third-order valence-corrected chi connectivity index (χ3v) is 2.92. The second-order valence-electron chi connectivity index (χ2n) is 5.30. The van der Waals surface area contributed by atoms with Gasteiger partial charge in [-0.25, -0.2) is 9.89 Å². The van der Waals surface area contributed by atoms with E-state index in [2.05, 4.69) is 24.0 Å². The molecule has 0 aliphatic heterocycles. The van der Waals surface area contributed by atoms with Crippen LogP contribution in [-0.4, -0.2) is 14.8 Å². The summed E-state index contributed by atoms with van der Waals surface area (Å²) in [7, 11) is 0. The molecular formula is C11H22N4O. The predicted molar refractivity (Wildman–Crippen MR) is 64.2 cm³/mol. The Kier molecular flexibility index (Phi) is 3.57. The van der Waals surface area contributed by atoms with E-state index in [-0.39, 0.29) is 17.3 Å². The number of nitrogens with two attached hydrogens (primary N) is 1. The molecule has 1 aromatic heterocycles. The largest absolute Gasteiger partial charge is 0.343 e. The monoisotopic (exact) mass is 226 g/mol. The van der Waals surface area contributed by atoms with Gasteiger partial charge in [-0.3, -0.25) is 4.57 Å². The Balaban J connectivity index is 3.21. The van der Waals surface area contributed by atoms with Crippen molar-refractivity contribution in [3.05, 3.63) is 16.3 Å². The maximum Gasteiger partial charge on any atom is 0.343 e. The average Bonchev–Trinajstić information content (AvgIpc) is 2.57. The van der Waals surface area contributed by atoms with Crippen molar-refractivity contribution in [1.82, 2.24) is 14.8 Å². The Morgan fingerprint density at radius 1 is 1.50 bits per heavy atom. The smallest absolute Gasteiger partial charge is 0.321 e. The lowest BCUT2D eigenvalue weighted by atomic mass is 9.98. The lowest BCUT2D eigenvalue weighted by Gasteiger charge is -2.25. The summed E-state index contributed by atoms with van der Waals surface area (Å²) in [5.74, 6) is 0.947. The summed E-state index contributed by atoms with van der Waals surface area (Å²) in [5, 5.41) is 6.53. The molecule has 0 aromatic carbocycles. The van der Waals surface area contributed by atoms with Crippen LogP contribution in [0.2, 0.25) is 0 Å². The van der Waals surface area contributed by atoms with Gasteiger partial charge in [0, 0.05) is 5.54 Å². The fourth-order valence-electron chi connectivity index (χ4n) is 1.69. The summed E-state index contributed by atoms with van der Waals surface area (Å²) in [6.45, 7) is 10.1. The van der Waals surface area contributed by atoms with E-state index in [1.54, 1.807) is 4.57 Å². The van der Waals surface area contributed by atoms with Gasteiger partial charge in [0.1, 0.15) is 0 Å². The molecule has 5 heteroatoms. The number of hydrogen-bond donors (Lipinski definition) is 2. The third-order valence-electron chi connectivity index (χ3n) is 2.92. The first-order valence-corrected chi connectivity index (χ1v) is 5.72. The fourth-order valence-corrected chi connectivity index (χ4v) is 1.69.